The van der Waals surface area contributed by atoms with Crippen LogP contribution < -0.4 is 9.64 Å². The maximum atomic E-state index is 15.4. The van der Waals surface area contributed by atoms with Gasteiger partial charge in [-0.15, -0.1) is 0 Å². The number of hydrogen-bond donors (Lipinski definition) is 1. The van der Waals surface area contributed by atoms with E-state index in [0.717, 1.165) is 12.8 Å². The van der Waals surface area contributed by atoms with Crippen LogP contribution in [0.25, 0.3) is 10.8 Å². The summed E-state index contributed by atoms with van der Waals surface area (Å²) >= 11 is 0. The SMILES string of the molecule is Cc1ccc(N2CC(CCC[C@H](C)c3cccc4ccccc34)Oc3cccc(F)c32)c(F)c1C(=O)O. The maximum absolute atomic E-state index is 15.4. The van der Waals surface area contributed by atoms with Crippen molar-refractivity contribution in [1.29, 1.82) is 0 Å². The number of fused-ring (bicyclic) bond motifs is 2. The summed E-state index contributed by atoms with van der Waals surface area (Å²) in [6, 6.07) is 22.3. The second-order valence-electron chi connectivity index (χ2n) is 9.73. The average Bonchev–Trinajstić information content (AvgIpc) is 2.88. The van der Waals surface area contributed by atoms with Gasteiger partial charge in [-0.2, -0.15) is 0 Å². The highest BCUT2D eigenvalue weighted by Crippen LogP contribution is 2.42. The first kappa shape index (κ1) is 24.8. The predicted octanol–water partition coefficient (Wildman–Crippen LogP) is 8.00. The van der Waals surface area contributed by atoms with Crippen LogP contribution in [0.1, 0.15) is 53.6 Å². The Bertz CT molecular complexity index is 1460. The molecule has 6 heteroatoms. The van der Waals surface area contributed by atoms with E-state index in [0.29, 0.717) is 23.7 Å². The van der Waals surface area contributed by atoms with Gasteiger partial charge in [-0.1, -0.05) is 61.5 Å². The van der Waals surface area contributed by atoms with E-state index in [1.54, 1.807) is 25.1 Å². The van der Waals surface area contributed by atoms with Crippen LogP contribution >= 0.6 is 0 Å². The monoisotopic (exact) mass is 501 g/mol. The van der Waals surface area contributed by atoms with E-state index < -0.39 is 23.2 Å². The van der Waals surface area contributed by atoms with Gasteiger partial charge in [0.2, 0.25) is 0 Å². The largest absolute Gasteiger partial charge is 0.486 e. The summed E-state index contributed by atoms with van der Waals surface area (Å²) in [5, 5.41) is 12.0. The first-order chi connectivity index (χ1) is 17.8. The smallest absolute Gasteiger partial charge is 0.339 e. The Morgan fingerprint density at radius 1 is 1.05 bits per heavy atom. The lowest BCUT2D eigenvalue weighted by Gasteiger charge is -2.37. The number of rotatable bonds is 7. The van der Waals surface area contributed by atoms with Crippen molar-refractivity contribution in [2.75, 3.05) is 11.4 Å². The molecule has 1 N–H and O–H groups in total. The highest BCUT2D eigenvalue weighted by Gasteiger charge is 2.32. The molecule has 1 unspecified atom stereocenters. The summed E-state index contributed by atoms with van der Waals surface area (Å²) in [4.78, 5) is 13.2. The van der Waals surface area contributed by atoms with E-state index >= 15 is 4.39 Å². The highest BCUT2D eigenvalue weighted by atomic mass is 19.1. The number of ether oxygens (including phenoxy) is 1. The van der Waals surface area contributed by atoms with Gasteiger partial charge in [-0.3, -0.25) is 0 Å². The molecule has 0 saturated carbocycles. The number of carbonyl (C=O) groups is 1. The van der Waals surface area contributed by atoms with Crippen LogP contribution in [0, 0.1) is 18.6 Å². The molecule has 0 saturated heterocycles. The number of carboxylic acids is 1. The molecule has 0 radical (unpaired) electrons. The average molecular weight is 502 g/mol. The second kappa shape index (κ2) is 10.2. The number of anilines is 2. The van der Waals surface area contributed by atoms with Crippen LogP contribution in [0.2, 0.25) is 0 Å². The number of aromatic carboxylic acids is 1. The minimum atomic E-state index is -1.35. The van der Waals surface area contributed by atoms with Gasteiger partial charge in [0, 0.05) is 0 Å². The first-order valence-corrected chi connectivity index (χ1v) is 12.6. The highest BCUT2D eigenvalue weighted by molar-refractivity contribution is 5.92. The molecule has 190 valence electrons. The summed E-state index contributed by atoms with van der Waals surface area (Å²) in [7, 11) is 0. The number of halogens is 2. The minimum Gasteiger partial charge on any atom is -0.486 e. The standard InChI is InChI=1S/C31H29F2NO3/c1-19(23-13-6-10-21-9-3-4-12-24(21)23)8-5-11-22-18-34(30-25(32)14-7-15-27(30)37-22)26-17-16-20(2)28(29(26)33)31(35)36/h3-4,6-7,9-10,12-17,19,22H,5,8,11,18H2,1-2H3,(H,35,36)/t19-,22?/m0/s1. The Morgan fingerprint density at radius 2 is 1.81 bits per heavy atom. The van der Waals surface area contributed by atoms with Gasteiger partial charge < -0.3 is 14.7 Å². The van der Waals surface area contributed by atoms with E-state index in [1.807, 2.05) is 6.07 Å². The van der Waals surface area contributed by atoms with Gasteiger partial charge in [0.15, 0.2) is 11.6 Å². The van der Waals surface area contributed by atoms with Crippen molar-refractivity contribution in [1.82, 2.24) is 0 Å². The molecule has 0 aliphatic carbocycles. The van der Waals surface area contributed by atoms with Crippen LogP contribution in [0.3, 0.4) is 0 Å². The molecule has 4 aromatic rings. The summed E-state index contributed by atoms with van der Waals surface area (Å²) in [5.74, 6) is -2.10. The summed E-state index contributed by atoms with van der Waals surface area (Å²) in [6.45, 7) is 3.98. The molecule has 5 rings (SSSR count). The lowest BCUT2D eigenvalue weighted by atomic mass is 9.90. The molecular formula is C31H29F2NO3. The molecule has 0 bridgehead atoms. The number of aryl methyl sites for hydroxylation is 1. The van der Waals surface area contributed by atoms with E-state index in [4.69, 9.17) is 4.74 Å². The van der Waals surface area contributed by atoms with Crippen molar-refractivity contribution in [2.24, 2.45) is 0 Å². The quantitative estimate of drug-likeness (QED) is 0.279. The van der Waals surface area contributed by atoms with E-state index in [-0.39, 0.29) is 24.0 Å². The zero-order chi connectivity index (χ0) is 26.1. The Kier molecular flexibility index (Phi) is 6.83. The molecule has 37 heavy (non-hydrogen) atoms. The zero-order valence-corrected chi connectivity index (χ0v) is 20.9. The lowest BCUT2D eigenvalue weighted by Crippen LogP contribution is -2.38. The van der Waals surface area contributed by atoms with Crippen LogP contribution in [-0.4, -0.2) is 23.7 Å². The summed E-state index contributed by atoms with van der Waals surface area (Å²) < 4.78 is 36.5. The minimum absolute atomic E-state index is 0.0340. The van der Waals surface area contributed by atoms with Crippen LogP contribution in [-0.2, 0) is 0 Å². The van der Waals surface area contributed by atoms with Crippen molar-refractivity contribution in [3.8, 4) is 5.75 Å². The fourth-order valence-corrected chi connectivity index (χ4v) is 5.35. The Balaban J connectivity index is 1.37. The molecule has 0 fully saturated rings. The number of carboxylic acid groups (broad SMARTS) is 1. The van der Waals surface area contributed by atoms with Crippen molar-refractivity contribution in [3.63, 3.8) is 0 Å². The third-order valence-corrected chi connectivity index (χ3v) is 7.25. The Morgan fingerprint density at radius 3 is 2.62 bits per heavy atom. The van der Waals surface area contributed by atoms with Crippen LogP contribution in [0.15, 0.2) is 72.8 Å². The van der Waals surface area contributed by atoms with E-state index in [1.165, 1.54) is 33.4 Å². The number of benzene rings is 4. The maximum Gasteiger partial charge on any atom is 0.339 e. The molecule has 0 amide bonds. The Labute approximate surface area is 215 Å². The van der Waals surface area contributed by atoms with E-state index in [9.17, 15) is 14.3 Å². The topological polar surface area (TPSA) is 49.8 Å². The Hall–Kier alpha value is -3.93. The van der Waals surface area contributed by atoms with Crippen molar-refractivity contribution in [2.45, 2.75) is 45.1 Å². The van der Waals surface area contributed by atoms with Gasteiger partial charge >= 0.3 is 5.97 Å². The normalized spacial score (nSPS) is 15.8. The van der Waals surface area contributed by atoms with Gasteiger partial charge in [-0.25, -0.2) is 13.6 Å². The van der Waals surface area contributed by atoms with E-state index in [2.05, 4.69) is 43.3 Å². The van der Waals surface area contributed by atoms with Gasteiger partial charge in [0.05, 0.1) is 12.2 Å². The third-order valence-electron chi connectivity index (χ3n) is 7.25. The van der Waals surface area contributed by atoms with Crippen LogP contribution in [0.4, 0.5) is 20.2 Å². The second-order valence-corrected chi connectivity index (χ2v) is 9.73. The lowest BCUT2D eigenvalue weighted by molar-refractivity contribution is 0.0691. The fraction of sp³-hybridized carbons (Fsp3) is 0.258. The fourth-order valence-electron chi connectivity index (χ4n) is 5.35. The van der Waals surface area contributed by atoms with Crippen LogP contribution in [0.5, 0.6) is 5.75 Å². The summed E-state index contributed by atoms with van der Waals surface area (Å²) in [6.07, 6.45) is 2.19. The third kappa shape index (κ3) is 4.76. The molecule has 4 aromatic carbocycles. The predicted molar refractivity (Wildman–Crippen MR) is 142 cm³/mol. The van der Waals surface area contributed by atoms with Gasteiger partial charge in [0.25, 0.3) is 0 Å². The molecule has 0 spiro atoms. The number of nitrogens with zero attached hydrogens (tertiary/aromatic N) is 1. The molecule has 1 aliphatic heterocycles. The van der Waals surface area contributed by atoms with Crippen molar-refractivity contribution < 1.29 is 23.4 Å². The molecule has 1 heterocycles. The molecule has 1 aliphatic rings. The molecule has 2 atom stereocenters. The number of para-hydroxylation sites is 1. The van der Waals surface area contributed by atoms with Gasteiger partial charge in [0.1, 0.15) is 23.1 Å². The van der Waals surface area contributed by atoms with Gasteiger partial charge in [-0.05, 0) is 72.2 Å². The zero-order valence-electron chi connectivity index (χ0n) is 20.9. The molecule has 0 aromatic heterocycles. The first-order valence-electron chi connectivity index (χ1n) is 12.6. The van der Waals surface area contributed by atoms with Crippen molar-refractivity contribution >= 4 is 28.1 Å². The molecule has 4 nitrogen and oxygen atoms in total. The summed E-state index contributed by atoms with van der Waals surface area (Å²) in [5.41, 5.74) is 1.38. The number of hydrogen-bond acceptors (Lipinski definition) is 3. The molecular weight excluding hydrogens is 472 g/mol. The van der Waals surface area contributed by atoms with Crippen molar-refractivity contribution in [3.05, 3.63) is 101 Å².